The summed E-state index contributed by atoms with van der Waals surface area (Å²) in [4.78, 5) is 11.1. The number of thiophene rings is 1. The van der Waals surface area contributed by atoms with Gasteiger partial charge in [-0.25, -0.2) is 9.97 Å². The molecule has 0 aliphatic heterocycles. The van der Waals surface area contributed by atoms with E-state index in [1.807, 2.05) is 30.3 Å². The van der Waals surface area contributed by atoms with Crippen LogP contribution in [-0.4, -0.2) is 15.1 Å². The van der Waals surface area contributed by atoms with Crippen molar-refractivity contribution in [2.24, 2.45) is 0 Å². The van der Waals surface area contributed by atoms with Gasteiger partial charge in [-0.2, -0.15) is 0 Å². The van der Waals surface area contributed by atoms with Crippen LogP contribution in [0.25, 0.3) is 21.5 Å². The fourth-order valence-corrected chi connectivity index (χ4v) is 4.01. The second-order valence-corrected chi connectivity index (χ2v) is 9.29. The smallest absolute Gasteiger partial charge is 0.156 e. The van der Waals surface area contributed by atoms with Crippen molar-refractivity contribution in [3.8, 4) is 11.3 Å². The van der Waals surface area contributed by atoms with E-state index in [9.17, 15) is 0 Å². The van der Waals surface area contributed by atoms with Crippen molar-refractivity contribution in [2.45, 2.75) is 32.7 Å². The van der Waals surface area contributed by atoms with Crippen molar-refractivity contribution >= 4 is 43.3 Å². The molecule has 0 fully saturated rings. The molecular weight excluding hydrogens is 424 g/mol. The van der Waals surface area contributed by atoms with Crippen LogP contribution in [0.15, 0.2) is 51.7 Å². The van der Waals surface area contributed by atoms with Gasteiger partial charge in [0.2, 0.25) is 0 Å². The number of anilines is 1. The van der Waals surface area contributed by atoms with Crippen molar-refractivity contribution in [1.29, 1.82) is 0 Å². The lowest BCUT2D eigenvalue weighted by atomic mass is 9.94. The number of nitrogens with zero attached hydrogens (tertiary/aromatic N) is 3. The Morgan fingerprint density at radius 1 is 1.11 bits per heavy atom. The quantitative estimate of drug-likeness (QED) is 0.418. The molecule has 0 aliphatic rings. The highest BCUT2D eigenvalue weighted by molar-refractivity contribution is 9.10. The molecule has 0 radical (unpaired) electrons. The van der Waals surface area contributed by atoms with Gasteiger partial charge >= 0.3 is 0 Å². The molecule has 5 nitrogen and oxygen atoms in total. The van der Waals surface area contributed by atoms with E-state index in [1.165, 1.54) is 4.88 Å². The average molecular weight is 443 g/mol. The summed E-state index contributed by atoms with van der Waals surface area (Å²) < 4.78 is 6.51. The van der Waals surface area contributed by atoms with E-state index in [0.29, 0.717) is 6.54 Å². The molecule has 4 aromatic rings. The lowest BCUT2D eigenvalue weighted by molar-refractivity contribution is 0.390. The molecule has 0 saturated heterocycles. The van der Waals surface area contributed by atoms with Gasteiger partial charge in [-0.1, -0.05) is 54.0 Å². The van der Waals surface area contributed by atoms with Crippen molar-refractivity contribution in [2.75, 3.05) is 5.32 Å². The molecular formula is C20H19BrN4OS. The first-order valence-electron chi connectivity index (χ1n) is 8.60. The average Bonchev–Trinajstić information content (AvgIpc) is 3.27. The van der Waals surface area contributed by atoms with Gasteiger partial charge in [0.1, 0.15) is 22.7 Å². The summed E-state index contributed by atoms with van der Waals surface area (Å²) in [5.74, 6) is 1.57. The SMILES string of the molecule is CC(C)(C)c1cc2c(NCc3cc(-c4ccc(Br)cc4)no3)ncnc2s1. The standard InChI is InChI=1S/C20H19BrN4OS/c1-20(2,3)17-9-15-18(23-11-24-19(15)27-17)22-10-14-8-16(25-26-14)12-4-6-13(21)7-5-12/h4-9,11H,10H2,1-3H3,(H,22,23,24). The first kappa shape index (κ1) is 18.1. The van der Waals surface area contributed by atoms with Gasteiger partial charge in [0.15, 0.2) is 5.76 Å². The summed E-state index contributed by atoms with van der Waals surface area (Å²) in [6, 6.07) is 12.1. The van der Waals surface area contributed by atoms with E-state index < -0.39 is 0 Å². The topological polar surface area (TPSA) is 63.8 Å². The van der Waals surface area contributed by atoms with E-state index in [1.54, 1.807) is 17.7 Å². The normalized spacial score (nSPS) is 11.9. The fourth-order valence-electron chi connectivity index (χ4n) is 2.69. The van der Waals surface area contributed by atoms with Crippen LogP contribution in [0.5, 0.6) is 0 Å². The molecule has 1 N–H and O–H groups in total. The molecule has 3 heterocycles. The Bertz CT molecular complexity index is 1080. The van der Waals surface area contributed by atoms with Crippen molar-refractivity contribution in [3.63, 3.8) is 0 Å². The maximum Gasteiger partial charge on any atom is 0.156 e. The van der Waals surface area contributed by atoms with E-state index in [4.69, 9.17) is 4.52 Å². The minimum atomic E-state index is 0.0904. The number of nitrogens with one attached hydrogen (secondary N) is 1. The van der Waals surface area contributed by atoms with Gasteiger partial charge in [-0.3, -0.25) is 0 Å². The Morgan fingerprint density at radius 3 is 2.63 bits per heavy atom. The van der Waals surface area contributed by atoms with Crippen LogP contribution in [0.1, 0.15) is 31.4 Å². The summed E-state index contributed by atoms with van der Waals surface area (Å²) in [7, 11) is 0. The van der Waals surface area contributed by atoms with Crippen LogP contribution in [0.2, 0.25) is 0 Å². The fraction of sp³-hybridized carbons (Fsp3) is 0.250. The van der Waals surface area contributed by atoms with Gasteiger partial charge < -0.3 is 9.84 Å². The Balaban J connectivity index is 1.54. The third-order valence-corrected chi connectivity index (χ3v) is 6.20. The van der Waals surface area contributed by atoms with Crippen molar-refractivity contribution in [1.82, 2.24) is 15.1 Å². The first-order chi connectivity index (χ1) is 12.9. The van der Waals surface area contributed by atoms with Gasteiger partial charge in [-0.15, -0.1) is 11.3 Å². The summed E-state index contributed by atoms with van der Waals surface area (Å²) in [5, 5.41) is 8.56. The third-order valence-electron chi connectivity index (χ3n) is 4.20. The zero-order valence-corrected chi connectivity index (χ0v) is 17.7. The van der Waals surface area contributed by atoms with Crippen LogP contribution >= 0.6 is 27.3 Å². The Kier molecular flexibility index (Phi) is 4.74. The minimum Gasteiger partial charge on any atom is -0.362 e. The molecule has 0 spiro atoms. The highest BCUT2D eigenvalue weighted by Crippen LogP contribution is 2.35. The summed E-state index contributed by atoms with van der Waals surface area (Å²) in [5.41, 5.74) is 1.93. The molecule has 138 valence electrons. The Hall–Kier alpha value is -2.25. The summed E-state index contributed by atoms with van der Waals surface area (Å²) in [6.45, 7) is 7.12. The molecule has 7 heteroatoms. The van der Waals surface area contributed by atoms with Crippen molar-refractivity contribution < 1.29 is 4.52 Å². The third kappa shape index (κ3) is 3.89. The van der Waals surface area contributed by atoms with Gasteiger partial charge in [0, 0.05) is 21.0 Å². The van der Waals surface area contributed by atoms with Crippen LogP contribution in [0.4, 0.5) is 5.82 Å². The zero-order valence-electron chi connectivity index (χ0n) is 15.3. The molecule has 3 aromatic heterocycles. The lowest BCUT2D eigenvalue weighted by Gasteiger charge is -2.14. The Labute approximate surface area is 170 Å². The zero-order chi connectivity index (χ0) is 19.0. The van der Waals surface area contributed by atoms with Crippen LogP contribution in [0, 0.1) is 0 Å². The van der Waals surface area contributed by atoms with E-state index in [0.717, 1.165) is 37.5 Å². The van der Waals surface area contributed by atoms with E-state index in [-0.39, 0.29) is 5.41 Å². The van der Waals surface area contributed by atoms with Gasteiger partial charge in [0.05, 0.1) is 11.9 Å². The summed E-state index contributed by atoms with van der Waals surface area (Å²) in [6.07, 6.45) is 1.60. The van der Waals surface area contributed by atoms with Gasteiger partial charge in [0.25, 0.3) is 0 Å². The number of benzene rings is 1. The Morgan fingerprint density at radius 2 is 1.89 bits per heavy atom. The van der Waals surface area contributed by atoms with Gasteiger partial charge in [-0.05, 0) is 23.6 Å². The number of hydrogen-bond acceptors (Lipinski definition) is 6. The highest BCUT2D eigenvalue weighted by atomic mass is 79.9. The first-order valence-corrected chi connectivity index (χ1v) is 10.2. The second-order valence-electron chi connectivity index (χ2n) is 7.34. The lowest BCUT2D eigenvalue weighted by Crippen LogP contribution is -2.07. The molecule has 0 atom stereocenters. The van der Waals surface area contributed by atoms with E-state index in [2.05, 4.69) is 63.2 Å². The largest absolute Gasteiger partial charge is 0.362 e. The maximum atomic E-state index is 5.48. The predicted octanol–water partition coefficient (Wildman–Crippen LogP) is 6.02. The molecule has 0 amide bonds. The highest BCUT2D eigenvalue weighted by Gasteiger charge is 2.19. The molecule has 0 saturated carbocycles. The molecule has 0 bridgehead atoms. The molecule has 4 rings (SSSR count). The summed E-state index contributed by atoms with van der Waals surface area (Å²) >= 11 is 5.15. The monoisotopic (exact) mass is 442 g/mol. The van der Waals surface area contributed by atoms with Crippen LogP contribution < -0.4 is 5.32 Å². The van der Waals surface area contributed by atoms with Crippen molar-refractivity contribution in [3.05, 3.63) is 57.8 Å². The number of aromatic nitrogens is 3. The second kappa shape index (κ2) is 7.05. The number of rotatable bonds is 4. The molecule has 27 heavy (non-hydrogen) atoms. The van der Waals surface area contributed by atoms with Crippen LogP contribution in [-0.2, 0) is 12.0 Å². The molecule has 0 aliphatic carbocycles. The number of hydrogen-bond donors (Lipinski definition) is 1. The molecule has 1 aromatic carbocycles. The van der Waals surface area contributed by atoms with Crippen LogP contribution in [0.3, 0.4) is 0 Å². The number of halogens is 1. The van der Waals surface area contributed by atoms with E-state index >= 15 is 0 Å². The molecule has 0 unspecified atom stereocenters. The predicted molar refractivity (Wildman–Crippen MR) is 113 cm³/mol. The minimum absolute atomic E-state index is 0.0904. The number of fused-ring (bicyclic) bond motifs is 1. The maximum absolute atomic E-state index is 5.48.